The molecule has 2 aromatic rings. The second-order valence-electron chi connectivity index (χ2n) is 6.41. The van der Waals surface area contributed by atoms with Crippen LogP contribution in [0.3, 0.4) is 0 Å². The lowest BCUT2D eigenvalue weighted by atomic mass is 10.1. The second kappa shape index (κ2) is 7.71. The molecule has 0 saturated heterocycles. The van der Waals surface area contributed by atoms with Crippen molar-refractivity contribution in [2.24, 2.45) is 0 Å². The van der Waals surface area contributed by atoms with Crippen molar-refractivity contribution < 1.29 is 21.6 Å². The number of anilines is 1. The summed E-state index contributed by atoms with van der Waals surface area (Å²) in [5, 5.41) is 0. The van der Waals surface area contributed by atoms with Gasteiger partial charge in [-0.25, -0.2) is 12.7 Å². The molecule has 0 spiro atoms. The Hall–Kier alpha value is -2.13. The molecule has 150 valence electrons. The van der Waals surface area contributed by atoms with Gasteiger partial charge in [0.05, 0.1) is 17.5 Å². The first kappa shape index (κ1) is 20.6. The van der Waals surface area contributed by atoms with Gasteiger partial charge in [-0.2, -0.15) is 13.2 Å². The Morgan fingerprint density at radius 3 is 2.29 bits per heavy atom. The number of allylic oxidation sites excluding steroid dienone is 1. The molecular weight excluding hydrogens is 409 g/mol. The molecule has 0 bridgehead atoms. The van der Waals surface area contributed by atoms with Gasteiger partial charge in [0, 0.05) is 17.6 Å². The Morgan fingerprint density at radius 2 is 1.68 bits per heavy atom. The first-order valence-electron chi connectivity index (χ1n) is 8.38. The van der Waals surface area contributed by atoms with Gasteiger partial charge in [-0.1, -0.05) is 54.2 Å². The van der Waals surface area contributed by atoms with Gasteiger partial charge in [0.2, 0.25) is 10.0 Å². The number of halogens is 3. The first-order chi connectivity index (χ1) is 13.1. The van der Waals surface area contributed by atoms with E-state index in [4.69, 9.17) is 0 Å². The highest BCUT2D eigenvalue weighted by Crippen LogP contribution is 2.43. The molecule has 28 heavy (non-hydrogen) atoms. The summed E-state index contributed by atoms with van der Waals surface area (Å²) in [6.07, 6.45) is -2.06. The zero-order valence-corrected chi connectivity index (χ0v) is 16.9. The van der Waals surface area contributed by atoms with Crippen molar-refractivity contribution in [3.63, 3.8) is 0 Å². The maximum absolute atomic E-state index is 13.7. The highest BCUT2D eigenvalue weighted by Gasteiger charge is 2.40. The fraction of sp³-hybridized carbons (Fsp3) is 0.263. The van der Waals surface area contributed by atoms with Crippen LogP contribution in [-0.4, -0.2) is 24.5 Å². The number of hydrogen-bond donors (Lipinski definition) is 0. The number of benzene rings is 2. The molecule has 1 unspecified atom stereocenters. The highest BCUT2D eigenvalue weighted by atomic mass is 32.2. The summed E-state index contributed by atoms with van der Waals surface area (Å²) in [6.45, 7) is 1.86. The molecule has 2 aromatic carbocycles. The van der Waals surface area contributed by atoms with Gasteiger partial charge in [-0.15, -0.1) is 0 Å². The van der Waals surface area contributed by atoms with Crippen molar-refractivity contribution in [1.82, 2.24) is 4.31 Å². The molecular formula is C19H19F3N2O2S2. The summed E-state index contributed by atoms with van der Waals surface area (Å²) >= 11 is 1.21. The Balaban J connectivity index is 2.12. The summed E-state index contributed by atoms with van der Waals surface area (Å²) in [7, 11) is -3.67. The quantitative estimate of drug-likeness (QED) is 0.682. The first-order valence-corrected chi connectivity index (χ1v) is 11.1. The molecule has 0 saturated carbocycles. The van der Waals surface area contributed by atoms with E-state index in [0.29, 0.717) is 4.91 Å². The fourth-order valence-corrected chi connectivity index (χ4v) is 5.42. The van der Waals surface area contributed by atoms with Crippen LogP contribution in [0, 0.1) is 0 Å². The van der Waals surface area contributed by atoms with E-state index in [0.717, 1.165) is 22.2 Å². The monoisotopic (exact) mass is 428 g/mol. The predicted octanol–water partition coefficient (Wildman–Crippen LogP) is 4.87. The molecule has 0 fully saturated rings. The largest absolute Gasteiger partial charge is 0.418 e. The average Bonchev–Trinajstić information content (AvgIpc) is 3.02. The van der Waals surface area contributed by atoms with Crippen LogP contribution in [0.4, 0.5) is 18.9 Å². The zero-order chi connectivity index (χ0) is 20.5. The van der Waals surface area contributed by atoms with Crippen molar-refractivity contribution in [2.75, 3.05) is 11.2 Å². The number of alkyl halides is 3. The van der Waals surface area contributed by atoms with Crippen LogP contribution in [0.15, 0.2) is 65.7 Å². The topological polar surface area (TPSA) is 40.6 Å². The molecule has 1 aliphatic rings. The van der Waals surface area contributed by atoms with E-state index >= 15 is 0 Å². The standard InChI is InChI=1S/C19H19F3N2O2S2/c1-14-12-24(28(2,25)26)18(27-14)23(13-15-8-4-3-5-9-15)17-11-7-6-10-16(17)19(20,21)22/h3-12,18H,13H2,1-2H3. The smallest absolute Gasteiger partial charge is 0.337 e. The van der Waals surface area contributed by atoms with Crippen LogP contribution in [0.25, 0.3) is 0 Å². The van der Waals surface area contributed by atoms with Gasteiger partial charge in [0.1, 0.15) is 0 Å². The molecule has 4 nitrogen and oxygen atoms in total. The van der Waals surface area contributed by atoms with Crippen LogP contribution in [0.5, 0.6) is 0 Å². The lowest BCUT2D eigenvalue weighted by Gasteiger charge is -2.37. The third-order valence-corrected chi connectivity index (χ3v) is 6.56. The van der Waals surface area contributed by atoms with Gasteiger partial charge in [-0.05, 0) is 24.6 Å². The van der Waals surface area contributed by atoms with Crippen LogP contribution >= 0.6 is 11.8 Å². The average molecular weight is 429 g/mol. The van der Waals surface area contributed by atoms with Gasteiger partial charge >= 0.3 is 6.18 Å². The lowest BCUT2D eigenvalue weighted by molar-refractivity contribution is -0.137. The van der Waals surface area contributed by atoms with E-state index in [1.165, 1.54) is 41.1 Å². The normalized spacial score (nSPS) is 17.5. The Bertz CT molecular complexity index is 976. The maximum atomic E-state index is 13.7. The molecule has 3 rings (SSSR count). The number of para-hydroxylation sites is 1. The summed E-state index contributed by atoms with van der Waals surface area (Å²) in [4.78, 5) is 2.19. The van der Waals surface area contributed by atoms with Crippen LogP contribution in [0.1, 0.15) is 18.1 Å². The molecule has 1 heterocycles. The summed E-state index contributed by atoms with van der Waals surface area (Å²) < 4.78 is 66.7. The molecule has 0 aliphatic carbocycles. The number of sulfonamides is 1. The number of thioether (sulfide) groups is 1. The highest BCUT2D eigenvalue weighted by molar-refractivity contribution is 8.04. The molecule has 9 heteroatoms. The van der Waals surface area contributed by atoms with Crippen molar-refractivity contribution >= 4 is 27.5 Å². The van der Waals surface area contributed by atoms with E-state index in [2.05, 4.69) is 0 Å². The van der Waals surface area contributed by atoms with E-state index in [-0.39, 0.29) is 12.2 Å². The van der Waals surface area contributed by atoms with E-state index in [9.17, 15) is 21.6 Å². The Kier molecular flexibility index (Phi) is 5.67. The molecule has 0 N–H and O–H groups in total. The third kappa shape index (κ3) is 4.47. The second-order valence-corrected chi connectivity index (χ2v) is 9.59. The van der Waals surface area contributed by atoms with Crippen molar-refractivity contribution in [3.8, 4) is 0 Å². The van der Waals surface area contributed by atoms with Gasteiger partial charge in [-0.3, -0.25) is 0 Å². The third-order valence-electron chi connectivity index (χ3n) is 4.18. The van der Waals surface area contributed by atoms with Crippen LogP contribution in [0.2, 0.25) is 0 Å². The fourth-order valence-electron chi connectivity index (χ4n) is 2.98. The number of hydrogen-bond acceptors (Lipinski definition) is 4. The van der Waals surface area contributed by atoms with Crippen molar-refractivity contribution in [2.45, 2.75) is 25.1 Å². The zero-order valence-electron chi connectivity index (χ0n) is 15.2. The summed E-state index contributed by atoms with van der Waals surface area (Å²) in [6, 6.07) is 14.2. The van der Waals surface area contributed by atoms with Crippen molar-refractivity contribution in [3.05, 3.63) is 76.8 Å². The Morgan fingerprint density at radius 1 is 1.07 bits per heavy atom. The van der Waals surface area contributed by atoms with Gasteiger partial charge in [0.25, 0.3) is 0 Å². The lowest BCUT2D eigenvalue weighted by Crippen LogP contribution is -2.44. The predicted molar refractivity (Wildman–Crippen MR) is 106 cm³/mol. The molecule has 1 aliphatic heterocycles. The summed E-state index contributed by atoms with van der Waals surface area (Å²) in [5.74, 6) is 0. The number of nitrogens with zero attached hydrogens (tertiary/aromatic N) is 2. The number of rotatable bonds is 5. The minimum absolute atomic E-state index is 0.0619. The molecule has 0 aromatic heterocycles. The van der Waals surface area contributed by atoms with E-state index < -0.39 is 27.3 Å². The van der Waals surface area contributed by atoms with Gasteiger partial charge in [0.15, 0.2) is 5.50 Å². The molecule has 0 radical (unpaired) electrons. The summed E-state index contributed by atoms with van der Waals surface area (Å²) in [5.41, 5.74) is -0.936. The SMILES string of the molecule is CC1=CN(S(C)(=O)=O)C(N(Cc2ccccc2)c2ccccc2C(F)(F)F)S1. The van der Waals surface area contributed by atoms with Gasteiger partial charge < -0.3 is 4.90 Å². The molecule has 0 amide bonds. The van der Waals surface area contributed by atoms with E-state index in [1.807, 2.05) is 6.07 Å². The minimum Gasteiger partial charge on any atom is -0.337 e. The maximum Gasteiger partial charge on any atom is 0.418 e. The molecule has 1 atom stereocenters. The van der Waals surface area contributed by atoms with Crippen molar-refractivity contribution in [1.29, 1.82) is 0 Å². The Labute approximate surface area is 166 Å². The van der Waals surface area contributed by atoms with Crippen LogP contribution in [-0.2, 0) is 22.7 Å². The van der Waals surface area contributed by atoms with Crippen LogP contribution < -0.4 is 4.90 Å². The minimum atomic E-state index is -4.56. The van der Waals surface area contributed by atoms with E-state index in [1.54, 1.807) is 31.2 Å².